The van der Waals surface area contributed by atoms with Crippen molar-refractivity contribution in [3.05, 3.63) is 53.6 Å². The molecule has 0 saturated heterocycles. The quantitative estimate of drug-likeness (QED) is 0.859. The molecule has 0 atom stereocenters. The number of halogens is 1. The molecule has 2 rings (SSSR count). The Morgan fingerprint density at radius 3 is 2.82 bits per heavy atom. The number of hydrogen-bond acceptors (Lipinski definition) is 2. The number of rotatable bonds is 2. The molecule has 0 spiro atoms. The van der Waals surface area contributed by atoms with Gasteiger partial charge in [0.05, 0.1) is 11.3 Å². The van der Waals surface area contributed by atoms with Crippen molar-refractivity contribution < 1.29 is 14.3 Å². The van der Waals surface area contributed by atoms with E-state index >= 15 is 0 Å². The van der Waals surface area contributed by atoms with Crippen LogP contribution in [-0.2, 0) is 0 Å². The normalized spacial score (nSPS) is 9.88. The molecule has 0 radical (unpaired) electrons. The van der Waals surface area contributed by atoms with Crippen LogP contribution in [0.15, 0.2) is 36.5 Å². The molecule has 0 unspecified atom stereocenters. The van der Waals surface area contributed by atoms with E-state index in [-0.39, 0.29) is 11.3 Å². The van der Waals surface area contributed by atoms with E-state index in [9.17, 15) is 9.18 Å². The molecule has 0 bridgehead atoms. The van der Waals surface area contributed by atoms with Gasteiger partial charge in [0.25, 0.3) is 0 Å². The van der Waals surface area contributed by atoms with E-state index in [2.05, 4.69) is 0 Å². The Balaban J connectivity index is 2.68. The third kappa shape index (κ3) is 1.88. The van der Waals surface area contributed by atoms with Gasteiger partial charge in [0.15, 0.2) is 0 Å². The van der Waals surface area contributed by atoms with Crippen LogP contribution in [0.25, 0.3) is 5.69 Å². The Labute approximate surface area is 96.2 Å². The largest absolute Gasteiger partial charge is 0.478 e. The van der Waals surface area contributed by atoms with Gasteiger partial charge in [-0.15, -0.1) is 0 Å². The Hall–Kier alpha value is -2.61. The van der Waals surface area contributed by atoms with Gasteiger partial charge in [0, 0.05) is 6.20 Å². The number of aromatic carboxylic acids is 1. The standard InChI is InChI=1S/C12H7FN2O2/c13-8-3-4-11(10(6-8)12(16)17)15-5-1-2-9(15)7-14/h1-6H,(H,16,17). The number of nitrogens with zero attached hydrogens (tertiary/aromatic N) is 2. The fourth-order valence-electron chi connectivity index (χ4n) is 1.57. The van der Waals surface area contributed by atoms with Crippen LogP contribution in [0.1, 0.15) is 16.1 Å². The lowest BCUT2D eigenvalue weighted by atomic mass is 10.1. The molecule has 0 aliphatic rings. The predicted molar refractivity (Wildman–Crippen MR) is 57.4 cm³/mol. The van der Waals surface area contributed by atoms with Gasteiger partial charge in [-0.25, -0.2) is 9.18 Å². The van der Waals surface area contributed by atoms with Crippen LogP contribution in [0.3, 0.4) is 0 Å². The van der Waals surface area contributed by atoms with Crippen LogP contribution < -0.4 is 0 Å². The summed E-state index contributed by atoms with van der Waals surface area (Å²) in [7, 11) is 0. The molecule has 0 aliphatic carbocycles. The summed E-state index contributed by atoms with van der Waals surface area (Å²) in [5.41, 5.74) is 0.372. The van der Waals surface area contributed by atoms with E-state index in [1.54, 1.807) is 18.3 Å². The summed E-state index contributed by atoms with van der Waals surface area (Å²) in [6, 6.07) is 8.52. The highest BCUT2D eigenvalue weighted by molar-refractivity contribution is 5.92. The summed E-state index contributed by atoms with van der Waals surface area (Å²) in [6.45, 7) is 0. The highest BCUT2D eigenvalue weighted by Crippen LogP contribution is 2.18. The average Bonchev–Trinajstić information content (AvgIpc) is 2.76. The van der Waals surface area contributed by atoms with Crippen molar-refractivity contribution >= 4 is 5.97 Å². The maximum atomic E-state index is 13.0. The molecule has 1 aromatic carbocycles. The van der Waals surface area contributed by atoms with Crippen molar-refractivity contribution in [3.63, 3.8) is 0 Å². The summed E-state index contributed by atoms with van der Waals surface area (Å²) in [4.78, 5) is 11.0. The number of carboxylic acids is 1. The first-order valence-corrected chi connectivity index (χ1v) is 4.74. The van der Waals surface area contributed by atoms with Crippen molar-refractivity contribution in [1.29, 1.82) is 5.26 Å². The predicted octanol–water partition coefficient (Wildman–Crippen LogP) is 2.19. The molecule has 0 saturated carbocycles. The van der Waals surface area contributed by atoms with Crippen LogP contribution in [0.4, 0.5) is 4.39 Å². The second-order valence-corrected chi connectivity index (χ2v) is 3.34. The first-order valence-electron chi connectivity index (χ1n) is 4.74. The lowest BCUT2D eigenvalue weighted by Gasteiger charge is -2.08. The molecule has 84 valence electrons. The Morgan fingerprint density at radius 1 is 1.41 bits per heavy atom. The van der Waals surface area contributed by atoms with Crippen molar-refractivity contribution in [2.75, 3.05) is 0 Å². The number of carbonyl (C=O) groups is 1. The molecule has 0 aliphatic heterocycles. The first-order chi connectivity index (χ1) is 8.13. The van der Waals surface area contributed by atoms with Crippen LogP contribution >= 0.6 is 0 Å². The molecule has 1 N–H and O–H groups in total. The SMILES string of the molecule is N#Cc1cccn1-c1ccc(F)cc1C(=O)O. The van der Waals surface area contributed by atoms with Gasteiger partial charge in [-0.05, 0) is 30.3 Å². The van der Waals surface area contributed by atoms with Gasteiger partial charge < -0.3 is 9.67 Å². The minimum atomic E-state index is -1.24. The zero-order valence-corrected chi connectivity index (χ0v) is 8.59. The van der Waals surface area contributed by atoms with Gasteiger partial charge in [0.2, 0.25) is 0 Å². The third-order valence-electron chi connectivity index (χ3n) is 2.31. The molecular weight excluding hydrogens is 223 g/mol. The number of carboxylic acid groups (broad SMARTS) is 1. The van der Waals surface area contributed by atoms with E-state index in [0.29, 0.717) is 5.69 Å². The summed E-state index contributed by atoms with van der Waals surface area (Å²) in [5, 5.41) is 17.8. The van der Waals surface area contributed by atoms with Crippen LogP contribution in [0.2, 0.25) is 0 Å². The van der Waals surface area contributed by atoms with Gasteiger partial charge in [-0.2, -0.15) is 5.26 Å². The van der Waals surface area contributed by atoms with Crippen LogP contribution in [0.5, 0.6) is 0 Å². The van der Waals surface area contributed by atoms with Crippen molar-refractivity contribution in [2.24, 2.45) is 0 Å². The average molecular weight is 230 g/mol. The monoisotopic (exact) mass is 230 g/mol. The summed E-state index contributed by atoms with van der Waals surface area (Å²) in [6.07, 6.45) is 1.55. The molecule has 2 aromatic rings. The highest BCUT2D eigenvalue weighted by Gasteiger charge is 2.14. The topological polar surface area (TPSA) is 66.0 Å². The summed E-state index contributed by atoms with van der Waals surface area (Å²) < 4.78 is 14.4. The summed E-state index contributed by atoms with van der Waals surface area (Å²) >= 11 is 0. The second kappa shape index (κ2) is 4.10. The van der Waals surface area contributed by atoms with Crippen molar-refractivity contribution in [2.45, 2.75) is 0 Å². The number of benzene rings is 1. The molecule has 5 heteroatoms. The van der Waals surface area contributed by atoms with Gasteiger partial charge >= 0.3 is 5.97 Å². The minimum absolute atomic E-state index is 0.183. The van der Waals surface area contributed by atoms with E-state index in [1.165, 1.54) is 10.6 Å². The second-order valence-electron chi connectivity index (χ2n) is 3.34. The van der Waals surface area contributed by atoms with E-state index in [1.807, 2.05) is 6.07 Å². The smallest absolute Gasteiger partial charge is 0.337 e. The lowest BCUT2D eigenvalue weighted by Crippen LogP contribution is -2.06. The molecule has 0 amide bonds. The number of aromatic nitrogens is 1. The van der Waals surface area contributed by atoms with Crippen molar-refractivity contribution in [3.8, 4) is 11.8 Å². The van der Waals surface area contributed by atoms with Gasteiger partial charge in [-0.3, -0.25) is 0 Å². The molecule has 17 heavy (non-hydrogen) atoms. The number of hydrogen-bond donors (Lipinski definition) is 1. The Bertz CT molecular complexity index is 626. The fourth-order valence-corrected chi connectivity index (χ4v) is 1.57. The maximum Gasteiger partial charge on any atom is 0.337 e. The maximum absolute atomic E-state index is 13.0. The molecular formula is C12H7FN2O2. The molecule has 1 aromatic heterocycles. The lowest BCUT2D eigenvalue weighted by molar-refractivity contribution is 0.0696. The van der Waals surface area contributed by atoms with Crippen LogP contribution in [-0.4, -0.2) is 15.6 Å². The Kier molecular flexibility index (Phi) is 2.63. The van der Waals surface area contributed by atoms with Gasteiger partial charge in [-0.1, -0.05) is 0 Å². The van der Waals surface area contributed by atoms with Gasteiger partial charge in [0.1, 0.15) is 17.6 Å². The highest BCUT2D eigenvalue weighted by atomic mass is 19.1. The van der Waals surface area contributed by atoms with E-state index in [0.717, 1.165) is 12.1 Å². The van der Waals surface area contributed by atoms with Crippen molar-refractivity contribution in [1.82, 2.24) is 4.57 Å². The molecule has 1 heterocycles. The van der Waals surface area contributed by atoms with E-state index < -0.39 is 11.8 Å². The minimum Gasteiger partial charge on any atom is -0.478 e. The third-order valence-corrected chi connectivity index (χ3v) is 2.31. The Morgan fingerprint density at radius 2 is 2.18 bits per heavy atom. The molecule has 4 nitrogen and oxygen atoms in total. The zero-order valence-electron chi connectivity index (χ0n) is 8.59. The number of nitriles is 1. The fraction of sp³-hybridized carbons (Fsp3) is 0. The van der Waals surface area contributed by atoms with Crippen LogP contribution in [0, 0.1) is 17.1 Å². The van der Waals surface area contributed by atoms with E-state index in [4.69, 9.17) is 10.4 Å². The first kappa shape index (κ1) is 10.9. The summed E-state index contributed by atoms with van der Waals surface area (Å²) in [5.74, 6) is -1.87. The molecule has 0 fully saturated rings. The zero-order chi connectivity index (χ0) is 12.4.